The number of anilines is 1. The summed E-state index contributed by atoms with van der Waals surface area (Å²) in [6.07, 6.45) is 0. The van der Waals surface area contributed by atoms with E-state index >= 15 is 0 Å². The average Bonchev–Trinajstić information content (AvgIpc) is 2.86. The van der Waals surface area contributed by atoms with Crippen LogP contribution in [0.2, 0.25) is 0 Å². The second-order valence-electron chi connectivity index (χ2n) is 4.73. The molecule has 0 aliphatic heterocycles. The van der Waals surface area contributed by atoms with E-state index in [0.717, 1.165) is 10.4 Å². The molecule has 1 aromatic carbocycles. The van der Waals surface area contributed by atoms with Crippen LogP contribution in [0.4, 0.5) is 11.4 Å². The van der Waals surface area contributed by atoms with E-state index in [0.29, 0.717) is 23.4 Å². The van der Waals surface area contributed by atoms with E-state index in [9.17, 15) is 14.9 Å². The third kappa shape index (κ3) is 3.38. The Kier molecular flexibility index (Phi) is 4.23. The number of nitrogens with two attached hydrogens (primary N) is 1. The summed E-state index contributed by atoms with van der Waals surface area (Å²) in [6.45, 7) is 4.09. The lowest BCUT2D eigenvalue weighted by Gasteiger charge is -2.09. The van der Waals surface area contributed by atoms with E-state index in [2.05, 4.69) is 5.32 Å². The predicted molar refractivity (Wildman–Crippen MR) is 82.7 cm³/mol. The summed E-state index contributed by atoms with van der Waals surface area (Å²) in [7, 11) is 0. The van der Waals surface area contributed by atoms with Crippen LogP contribution in [0.1, 0.15) is 26.4 Å². The van der Waals surface area contributed by atoms with Gasteiger partial charge in [-0.05, 0) is 31.5 Å². The van der Waals surface area contributed by atoms with Crippen molar-refractivity contribution in [1.82, 2.24) is 0 Å². The standard InChI is InChI=1S/C14H15N3O3S/c1-8-3-9(2)13(17(19)20)5-12(8)16-6-11-4-10(7-21-11)14(15)18/h3-5,7,16H,6H2,1-2H3,(H2,15,18). The number of primary amides is 1. The predicted octanol–water partition coefficient (Wildman–Crippen LogP) is 2.98. The van der Waals surface area contributed by atoms with Crippen molar-refractivity contribution in [3.8, 4) is 0 Å². The smallest absolute Gasteiger partial charge is 0.274 e. The Morgan fingerprint density at radius 1 is 1.33 bits per heavy atom. The van der Waals surface area contributed by atoms with Gasteiger partial charge in [0.05, 0.1) is 10.5 Å². The van der Waals surface area contributed by atoms with Gasteiger partial charge in [0.25, 0.3) is 5.69 Å². The quantitative estimate of drug-likeness (QED) is 0.655. The van der Waals surface area contributed by atoms with Crippen LogP contribution in [0.25, 0.3) is 0 Å². The summed E-state index contributed by atoms with van der Waals surface area (Å²) in [5.41, 5.74) is 8.04. The SMILES string of the molecule is Cc1cc(C)c([N+](=O)[O-])cc1NCc1cc(C(N)=O)cs1. The first-order valence-corrected chi connectivity index (χ1v) is 7.13. The summed E-state index contributed by atoms with van der Waals surface area (Å²) < 4.78 is 0. The monoisotopic (exact) mass is 305 g/mol. The molecule has 21 heavy (non-hydrogen) atoms. The van der Waals surface area contributed by atoms with E-state index in [1.807, 2.05) is 6.92 Å². The molecule has 0 aliphatic carbocycles. The van der Waals surface area contributed by atoms with Crippen molar-refractivity contribution < 1.29 is 9.72 Å². The summed E-state index contributed by atoms with van der Waals surface area (Å²) in [5, 5.41) is 15.8. The Hall–Kier alpha value is -2.41. The van der Waals surface area contributed by atoms with Gasteiger partial charge in [0.2, 0.25) is 5.91 Å². The Morgan fingerprint density at radius 2 is 2.05 bits per heavy atom. The minimum Gasteiger partial charge on any atom is -0.380 e. The normalized spacial score (nSPS) is 10.4. The van der Waals surface area contributed by atoms with Gasteiger partial charge in [0.1, 0.15) is 0 Å². The molecular formula is C14H15N3O3S. The number of benzene rings is 1. The molecule has 1 aromatic heterocycles. The van der Waals surface area contributed by atoms with Crippen LogP contribution in [0, 0.1) is 24.0 Å². The molecule has 0 unspecified atom stereocenters. The van der Waals surface area contributed by atoms with Crippen LogP contribution in [0.3, 0.4) is 0 Å². The number of hydrogen-bond acceptors (Lipinski definition) is 5. The number of rotatable bonds is 5. The van der Waals surface area contributed by atoms with E-state index in [-0.39, 0.29) is 5.69 Å². The van der Waals surface area contributed by atoms with Crippen molar-refractivity contribution in [2.24, 2.45) is 5.73 Å². The molecule has 6 nitrogen and oxygen atoms in total. The fourth-order valence-corrected chi connectivity index (χ4v) is 2.83. The third-order valence-electron chi connectivity index (χ3n) is 3.13. The number of nitrogens with one attached hydrogen (secondary N) is 1. The maximum Gasteiger partial charge on any atom is 0.274 e. The number of nitro benzene ring substituents is 1. The molecule has 1 amide bonds. The number of hydrogen-bond donors (Lipinski definition) is 2. The van der Waals surface area contributed by atoms with Gasteiger partial charge in [-0.1, -0.05) is 0 Å². The fraction of sp³-hybridized carbons (Fsp3) is 0.214. The van der Waals surface area contributed by atoms with Crippen molar-refractivity contribution in [1.29, 1.82) is 0 Å². The molecule has 1 heterocycles. The Bertz CT molecular complexity index is 709. The van der Waals surface area contributed by atoms with Crippen molar-refractivity contribution in [3.63, 3.8) is 0 Å². The number of carbonyl (C=O) groups excluding carboxylic acids is 1. The first kappa shape index (κ1) is 15.0. The molecular weight excluding hydrogens is 290 g/mol. The van der Waals surface area contributed by atoms with Crippen LogP contribution in [-0.2, 0) is 6.54 Å². The topological polar surface area (TPSA) is 98.3 Å². The maximum atomic E-state index is 11.0. The van der Waals surface area contributed by atoms with Crippen molar-refractivity contribution in [2.75, 3.05) is 5.32 Å². The van der Waals surface area contributed by atoms with E-state index in [4.69, 9.17) is 5.73 Å². The highest BCUT2D eigenvalue weighted by atomic mass is 32.1. The van der Waals surface area contributed by atoms with E-state index < -0.39 is 10.8 Å². The zero-order valence-electron chi connectivity index (χ0n) is 11.7. The Labute approximate surface area is 125 Å². The lowest BCUT2D eigenvalue weighted by Crippen LogP contribution is -2.09. The highest BCUT2D eigenvalue weighted by molar-refractivity contribution is 7.10. The fourth-order valence-electron chi connectivity index (χ4n) is 2.01. The number of thiophene rings is 1. The Morgan fingerprint density at radius 3 is 2.62 bits per heavy atom. The molecule has 0 aliphatic rings. The lowest BCUT2D eigenvalue weighted by molar-refractivity contribution is -0.385. The number of nitro groups is 1. The van der Waals surface area contributed by atoms with Gasteiger partial charge in [-0.3, -0.25) is 14.9 Å². The first-order chi connectivity index (χ1) is 9.88. The number of carbonyl (C=O) groups is 1. The minimum atomic E-state index is -0.459. The summed E-state index contributed by atoms with van der Waals surface area (Å²) >= 11 is 1.42. The number of aryl methyl sites for hydroxylation is 2. The molecule has 0 radical (unpaired) electrons. The minimum absolute atomic E-state index is 0.0899. The molecule has 0 fully saturated rings. The van der Waals surface area contributed by atoms with Crippen LogP contribution < -0.4 is 11.1 Å². The van der Waals surface area contributed by atoms with Crippen LogP contribution in [-0.4, -0.2) is 10.8 Å². The maximum absolute atomic E-state index is 11.0. The summed E-state index contributed by atoms with van der Waals surface area (Å²) in [5.74, 6) is -0.459. The second kappa shape index (κ2) is 5.92. The van der Waals surface area contributed by atoms with Gasteiger partial charge >= 0.3 is 0 Å². The van der Waals surface area contributed by atoms with Gasteiger partial charge < -0.3 is 11.1 Å². The molecule has 0 spiro atoms. The lowest BCUT2D eigenvalue weighted by atomic mass is 10.1. The van der Waals surface area contributed by atoms with Crippen LogP contribution in [0.15, 0.2) is 23.6 Å². The van der Waals surface area contributed by atoms with Crippen molar-refractivity contribution in [2.45, 2.75) is 20.4 Å². The van der Waals surface area contributed by atoms with Gasteiger partial charge in [-0.2, -0.15) is 0 Å². The molecule has 0 atom stereocenters. The first-order valence-electron chi connectivity index (χ1n) is 6.25. The van der Waals surface area contributed by atoms with Gasteiger partial charge in [0.15, 0.2) is 0 Å². The van der Waals surface area contributed by atoms with E-state index in [1.54, 1.807) is 24.4 Å². The third-order valence-corrected chi connectivity index (χ3v) is 4.07. The van der Waals surface area contributed by atoms with E-state index in [1.165, 1.54) is 17.4 Å². The Balaban J connectivity index is 2.17. The van der Waals surface area contributed by atoms with Crippen molar-refractivity contribution in [3.05, 3.63) is 55.3 Å². The van der Waals surface area contributed by atoms with Gasteiger partial charge in [-0.15, -0.1) is 11.3 Å². The van der Waals surface area contributed by atoms with Crippen LogP contribution in [0.5, 0.6) is 0 Å². The molecule has 110 valence electrons. The summed E-state index contributed by atoms with van der Waals surface area (Å²) in [4.78, 5) is 22.5. The molecule has 7 heteroatoms. The van der Waals surface area contributed by atoms with Gasteiger partial charge in [-0.25, -0.2) is 0 Å². The van der Waals surface area contributed by atoms with Crippen LogP contribution >= 0.6 is 11.3 Å². The molecule has 3 N–H and O–H groups in total. The zero-order valence-corrected chi connectivity index (χ0v) is 12.5. The number of amides is 1. The highest BCUT2D eigenvalue weighted by Crippen LogP contribution is 2.27. The van der Waals surface area contributed by atoms with Gasteiger partial charge in [0, 0.05) is 34.1 Å². The largest absolute Gasteiger partial charge is 0.380 e. The second-order valence-corrected chi connectivity index (χ2v) is 5.73. The molecule has 0 bridgehead atoms. The molecule has 0 saturated carbocycles. The van der Waals surface area contributed by atoms with Crippen molar-refractivity contribution >= 4 is 28.6 Å². The molecule has 2 aromatic rings. The highest BCUT2D eigenvalue weighted by Gasteiger charge is 2.13. The molecule has 2 rings (SSSR count). The molecule has 0 saturated heterocycles. The summed E-state index contributed by atoms with van der Waals surface area (Å²) in [6, 6.07) is 5.04. The average molecular weight is 305 g/mol. The zero-order chi connectivity index (χ0) is 15.6. The number of nitrogens with zero attached hydrogens (tertiary/aromatic N) is 1.